The Morgan fingerprint density at radius 3 is 1.45 bits per heavy atom. The molecule has 0 heterocycles. The summed E-state index contributed by atoms with van der Waals surface area (Å²) < 4.78 is 4.82. The number of hydrogen-bond acceptors (Lipinski definition) is 5. The maximum absolute atomic E-state index is 8.34. The summed E-state index contributed by atoms with van der Waals surface area (Å²) in [6.45, 7) is 0.425. The molecule has 0 aliphatic rings. The third-order valence-electron chi connectivity index (χ3n) is 1.04. The molecule has 0 bridgehead atoms. The van der Waals surface area contributed by atoms with Crippen molar-refractivity contribution in [3.63, 3.8) is 0 Å². The Morgan fingerprint density at radius 2 is 1.18 bits per heavy atom. The topological polar surface area (TPSA) is 90.2 Å². The Morgan fingerprint density at radius 1 is 0.818 bits per heavy atom. The monoisotopic (exact) mass is 162 g/mol. The van der Waals surface area contributed by atoms with Crippen LogP contribution in [0.1, 0.15) is 0 Å². The van der Waals surface area contributed by atoms with Gasteiger partial charge in [-0.1, -0.05) is 0 Å². The third-order valence-corrected chi connectivity index (χ3v) is 1.04. The van der Waals surface area contributed by atoms with Crippen molar-refractivity contribution in [2.45, 2.75) is 12.6 Å². The van der Waals surface area contributed by atoms with Crippen molar-refractivity contribution in [2.75, 3.05) is 13.2 Å². The lowest BCUT2D eigenvalue weighted by Crippen LogP contribution is -2.16. The van der Waals surface area contributed by atoms with Gasteiger partial charge < -0.3 is 24.8 Å². The van der Waals surface area contributed by atoms with E-state index in [1.807, 2.05) is 0 Å². The molecule has 0 aromatic carbocycles. The Bertz CT molecular complexity index is 78.6. The largest absolute Gasteiger partial charge is 0.453 e. The van der Waals surface area contributed by atoms with Crippen LogP contribution in [0.25, 0.3) is 0 Å². The van der Waals surface area contributed by atoms with E-state index in [0.29, 0.717) is 0 Å². The van der Waals surface area contributed by atoms with Crippen molar-refractivity contribution in [1.29, 1.82) is 0 Å². The maximum atomic E-state index is 8.34. The van der Waals surface area contributed by atoms with E-state index in [4.69, 9.17) is 24.8 Å². The van der Waals surface area contributed by atoms with E-state index in [1.54, 1.807) is 0 Å². The molecule has 0 saturated carbocycles. The van der Waals surface area contributed by atoms with Crippen LogP contribution in [-0.4, -0.2) is 47.5 Å². The summed E-state index contributed by atoms with van der Waals surface area (Å²) in [5.41, 5.74) is 0. The molecule has 0 rings (SSSR count). The SMILES string of the molecule is OB(O)CCOCCB(O)O. The zero-order valence-corrected chi connectivity index (χ0v) is 6.18. The minimum absolute atomic E-state index is 0.140. The zero-order chi connectivity index (χ0) is 8.69. The first-order chi connectivity index (χ1) is 5.13. The molecule has 5 nitrogen and oxygen atoms in total. The van der Waals surface area contributed by atoms with E-state index in [2.05, 4.69) is 0 Å². The van der Waals surface area contributed by atoms with E-state index < -0.39 is 14.2 Å². The molecule has 0 unspecified atom stereocenters. The second-order valence-electron chi connectivity index (χ2n) is 2.15. The molecule has 0 aromatic heterocycles. The molecule has 0 saturated heterocycles. The normalized spacial score (nSPS) is 9.82. The van der Waals surface area contributed by atoms with Crippen molar-refractivity contribution in [3.05, 3.63) is 0 Å². The molecule has 0 amide bonds. The second kappa shape index (κ2) is 6.63. The van der Waals surface area contributed by atoms with E-state index >= 15 is 0 Å². The molecule has 0 aliphatic heterocycles. The summed E-state index contributed by atoms with van der Waals surface area (Å²) in [5, 5.41) is 33.4. The highest BCUT2D eigenvalue weighted by atomic mass is 16.5. The molecule has 0 aliphatic carbocycles. The van der Waals surface area contributed by atoms with Gasteiger partial charge in [0.2, 0.25) is 0 Å². The number of hydrogen-bond donors (Lipinski definition) is 4. The Balaban J connectivity index is 2.91. The van der Waals surface area contributed by atoms with Gasteiger partial charge in [0.1, 0.15) is 0 Å². The Kier molecular flexibility index (Phi) is 6.59. The van der Waals surface area contributed by atoms with Gasteiger partial charge in [-0.25, -0.2) is 0 Å². The Labute approximate surface area is 65.9 Å². The zero-order valence-electron chi connectivity index (χ0n) is 6.18. The highest BCUT2D eigenvalue weighted by Crippen LogP contribution is 1.90. The van der Waals surface area contributed by atoms with Crippen LogP contribution in [0, 0.1) is 0 Å². The summed E-state index contributed by atoms with van der Waals surface area (Å²) in [7, 11) is -2.71. The highest BCUT2D eigenvalue weighted by Gasteiger charge is 2.07. The molecule has 4 N–H and O–H groups in total. The number of ether oxygens (including phenoxy) is 1. The standard InChI is InChI=1S/C4H12B2O5/c7-5(8)1-3-11-4-2-6(9)10/h7-10H,1-4H2. The van der Waals surface area contributed by atoms with Crippen molar-refractivity contribution < 1.29 is 24.8 Å². The van der Waals surface area contributed by atoms with Crippen molar-refractivity contribution in [2.24, 2.45) is 0 Å². The maximum Gasteiger partial charge on any atom is 0.453 e. The fourth-order valence-corrected chi connectivity index (χ4v) is 0.480. The van der Waals surface area contributed by atoms with Crippen LogP contribution in [0.3, 0.4) is 0 Å². The molecular weight excluding hydrogens is 150 g/mol. The minimum Gasteiger partial charge on any atom is -0.427 e. The van der Waals surface area contributed by atoms with Crippen molar-refractivity contribution in [3.8, 4) is 0 Å². The predicted molar refractivity (Wildman–Crippen MR) is 40.8 cm³/mol. The van der Waals surface area contributed by atoms with Crippen LogP contribution in [0.4, 0.5) is 0 Å². The third kappa shape index (κ3) is 9.93. The van der Waals surface area contributed by atoms with Crippen LogP contribution in [0.15, 0.2) is 0 Å². The van der Waals surface area contributed by atoms with Crippen LogP contribution in [0.5, 0.6) is 0 Å². The predicted octanol–water partition coefficient (Wildman–Crippen LogP) is -2.05. The van der Waals surface area contributed by atoms with Crippen LogP contribution < -0.4 is 0 Å². The molecule has 0 fully saturated rings. The summed E-state index contributed by atoms with van der Waals surface area (Å²) >= 11 is 0. The van der Waals surface area contributed by atoms with Gasteiger partial charge in [0.25, 0.3) is 0 Å². The van der Waals surface area contributed by atoms with E-state index in [0.717, 1.165) is 0 Å². The smallest absolute Gasteiger partial charge is 0.427 e. The average Bonchev–Trinajstić information content (AvgIpc) is 1.85. The number of rotatable bonds is 6. The summed E-state index contributed by atoms with van der Waals surface area (Å²) in [6, 6.07) is 0. The van der Waals surface area contributed by atoms with Gasteiger partial charge in [0, 0.05) is 25.9 Å². The Hall–Kier alpha value is -0.0701. The fourth-order valence-electron chi connectivity index (χ4n) is 0.480. The highest BCUT2D eigenvalue weighted by molar-refractivity contribution is 6.41. The second-order valence-corrected chi connectivity index (χ2v) is 2.15. The molecule has 0 aromatic rings. The van der Waals surface area contributed by atoms with Crippen LogP contribution >= 0.6 is 0 Å². The first kappa shape index (κ1) is 10.9. The van der Waals surface area contributed by atoms with Crippen molar-refractivity contribution >= 4 is 14.2 Å². The summed E-state index contributed by atoms with van der Waals surface area (Å²) in [4.78, 5) is 0. The van der Waals surface area contributed by atoms with Gasteiger partial charge in [0.15, 0.2) is 0 Å². The van der Waals surface area contributed by atoms with Crippen LogP contribution in [0.2, 0.25) is 12.6 Å². The minimum atomic E-state index is -1.35. The lowest BCUT2D eigenvalue weighted by Gasteiger charge is -2.01. The molecule has 0 atom stereocenters. The fraction of sp³-hybridized carbons (Fsp3) is 1.00. The van der Waals surface area contributed by atoms with Gasteiger partial charge in [-0.15, -0.1) is 0 Å². The molecule has 64 valence electrons. The van der Waals surface area contributed by atoms with Gasteiger partial charge in [-0.05, 0) is 0 Å². The average molecular weight is 162 g/mol. The van der Waals surface area contributed by atoms with Gasteiger partial charge in [0.05, 0.1) is 0 Å². The van der Waals surface area contributed by atoms with E-state index in [9.17, 15) is 0 Å². The van der Waals surface area contributed by atoms with E-state index in [-0.39, 0.29) is 25.9 Å². The lowest BCUT2D eigenvalue weighted by molar-refractivity contribution is 0.151. The van der Waals surface area contributed by atoms with Crippen molar-refractivity contribution in [1.82, 2.24) is 0 Å². The van der Waals surface area contributed by atoms with Gasteiger partial charge in [-0.3, -0.25) is 0 Å². The van der Waals surface area contributed by atoms with E-state index in [1.165, 1.54) is 0 Å². The molecule has 0 radical (unpaired) electrons. The molecule has 7 heteroatoms. The quantitative estimate of drug-likeness (QED) is 0.266. The first-order valence-electron chi connectivity index (χ1n) is 3.43. The van der Waals surface area contributed by atoms with Gasteiger partial charge in [-0.2, -0.15) is 0 Å². The molecule has 0 spiro atoms. The van der Waals surface area contributed by atoms with Gasteiger partial charge >= 0.3 is 14.2 Å². The first-order valence-corrected chi connectivity index (χ1v) is 3.43. The summed E-state index contributed by atoms with van der Waals surface area (Å²) in [5.74, 6) is 0. The summed E-state index contributed by atoms with van der Waals surface area (Å²) in [6.07, 6.45) is 0.281. The lowest BCUT2D eigenvalue weighted by atomic mass is 9.86. The van der Waals surface area contributed by atoms with Crippen LogP contribution in [-0.2, 0) is 4.74 Å². The molecule has 11 heavy (non-hydrogen) atoms. The molecular formula is C4H12B2O5.